The molecule has 0 aromatic heterocycles. The standard InChI is InChI=1S/C14H18Cl3NO2/c15-8-10(19)9-18-5-3-11(4-6-18)20-12-1-2-13(16)14(17)7-12/h1-2,7,10-11,19H,3-6,8-9H2/t10-/m0/s1. The zero-order chi connectivity index (χ0) is 14.5. The highest BCUT2D eigenvalue weighted by Gasteiger charge is 2.22. The van der Waals surface area contributed by atoms with Gasteiger partial charge < -0.3 is 14.7 Å². The Morgan fingerprint density at radius 1 is 1.25 bits per heavy atom. The number of benzene rings is 1. The third-order valence-corrected chi connectivity index (χ3v) is 4.47. The molecular formula is C14H18Cl3NO2. The predicted molar refractivity (Wildman–Crippen MR) is 83.3 cm³/mol. The minimum absolute atomic E-state index is 0.177. The van der Waals surface area contributed by atoms with Crippen molar-refractivity contribution in [3.05, 3.63) is 28.2 Å². The summed E-state index contributed by atoms with van der Waals surface area (Å²) < 4.78 is 5.91. The van der Waals surface area contributed by atoms with Crippen molar-refractivity contribution in [2.45, 2.75) is 25.0 Å². The summed E-state index contributed by atoms with van der Waals surface area (Å²) in [7, 11) is 0. The molecule has 2 rings (SSSR count). The van der Waals surface area contributed by atoms with Crippen LogP contribution in [0, 0.1) is 0 Å². The average Bonchev–Trinajstić information content (AvgIpc) is 2.45. The quantitative estimate of drug-likeness (QED) is 0.835. The van der Waals surface area contributed by atoms with Gasteiger partial charge in [-0.15, -0.1) is 11.6 Å². The maximum Gasteiger partial charge on any atom is 0.121 e. The van der Waals surface area contributed by atoms with Gasteiger partial charge in [-0.3, -0.25) is 0 Å². The number of alkyl halides is 1. The van der Waals surface area contributed by atoms with Crippen LogP contribution in [-0.2, 0) is 0 Å². The van der Waals surface area contributed by atoms with E-state index in [0.717, 1.165) is 31.7 Å². The number of aliphatic hydroxyl groups is 1. The van der Waals surface area contributed by atoms with Gasteiger partial charge in [-0.2, -0.15) is 0 Å². The lowest BCUT2D eigenvalue weighted by Gasteiger charge is -2.33. The van der Waals surface area contributed by atoms with Crippen LogP contribution >= 0.6 is 34.8 Å². The maximum atomic E-state index is 9.54. The third-order valence-electron chi connectivity index (χ3n) is 3.38. The van der Waals surface area contributed by atoms with Crippen molar-refractivity contribution in [1.82, 2.24) is 4.90 Å². The number of halogens is 3. The largest absolute Gasteiger partial charge is 0.490 e. The smallest absolute Gasteiger partial charge is 0.121 e. The molecule has 20 heavy (non-hydrogen) atoms. The SMILES string of the molecule is O[C@@H](CCl)CN1CCC(Oc2ccc(Cl)c(Cl)c2)CC1. The molecule has 1 aliphatic heterocycles. The molecule has 0 amide bonds. The Morgan fingerprint density at radius 3 is 2.55 bits per heavy atom. The lowest BCUT2D eigenvalue weighted by atomic mass is 10.1. The van der Waals surface area contributed by atoms with E-state index in [1.807, 2.05) is 6.07 Å². The maximum absolute atomic E-state index is 9.54. The van der Waals surface area contributed by atoms with E-state index in [4.69, 9.17) is 39.5 Å². The van der Waals surface area contributed by atoms with Gasteiger partial charge in [-0.05, 0) is 25.0 Å². The lowest BCUT2D eigenvalue weighted by molar-refractivity contribution is 0.0683. The summed E-state index contributed by atoms with van der Waals surface area (Å²) in [6, 6.07) is 5.32. The Morgan fingerprint density at radius 2 is 1.95 bits per heavy atom. The number of likely N-dealkylation sites (tertiary alicyclic amines) is 1. The number of rotatable bonds is 5. The van der Waals surface area contributed by atoms with Crippen LogP contribution in [0.15, 0.2) is 18.2 Å². The van der Waals surface area contributed by atoms with Gasteiger partial charge in [0.05, 0.1) is 16.1 Å². The molecule has 0 bridgehead atoms. The summed E-state index contributed by atoms with van der Waals surface area (Å²) in [6.07, 6.45) is 1.57. The van der Waals surface area contributed by atoms with E-state index >= 15 is 0 Å². The number of aliphatic hydroxyl groups excluding tert-OH is 1. The molecule has 1 aliphatic rings. The number of hydrogen-bond acceptors (Lipinski definition) is 3. The van der Waals surface area contributed by atoms with Crippen LogP contribution in [0.5, 0.6) is 5.75 Å². The fourth-order valence-electron chi connectivity index (χ4n) is 2.30. The van der Waals surface area contributed by atoms with E-state index < -0.39 is 6.10 Å². The molecule has 1 atom stereocenters. The highest BCUT2D eigenvalue weighted by molar-refractivity contribution is 6.42. The average molecular weight is 339 g/mol. The van der Waals surface area contributed by atoms with Crippen molar-refractivity contribution >= 4 is 34.8 Å². The first-order valence-electron chi connectivity index (χ1n) is 6.66. The number of ether oxygens (including phenoxy) is 1. The minimum atomic E-state index is -0.454. The van der Waals surface area contributed by atoms with Gasteiger partial charge in [0.25, 0.3) is 0 Å². The van der Waals surface area contributed by atoms with Crippen LogP contribution in [0.3, 0.4) is 0 Å². The topological polar surface area (TPSA) is 32.7 Å². The van der Waals surface area contributed by atoms with Crippen molar-refractivity contribution in [3.8, 4) is 5.75 Å². The second kappa shape index (κ2) is 7.71. The Bertz CT molecular complexity index is 436. The van der Waals surface area contributed by atoms with Gasteiger partial charge in [0.15, 0.2) is 0 Å². The van der Waals surface area contributed by atoms with Crippen LogP contribution in [0.4, 0.5) is 0 Å². The molecular weight excluding hydrogens is 321 g/mol. The molecule has 3 nitrogen and oxygen atoms in total. The van der Waals surface area contributed by atoms with E-state index in [-0.39, 0.29) is 12.0 Å². The highest BCUT2D eigenvalue weighted by Crippen LogP contribution is 2.28. The fourth-order valence-corrected chi connectivity index (χ4v) is 2.68. The monoisotopic (exact) mass is 337 g/mol. The molecule has 0 aliphatic carbocycles. The highest BCUT2D eigenvalue weighted by atomic mass is 35.5. The zero-order valence-corrected chi connectivity index (χ0v) is 13.3. The Hall–Kier alpha value is -0.190. The second-order valence-corrected chi connectivity index (χ2v) is 6.12. The second-order valence-electron chi connectivity index (χ2n) is 5.00. The number of piperidine rings is 1. The number of hydrogen-bond donors (Lipinski definition) is 1. The summed E-state index contributed by atoms with van der Waals surface area (Å²) >= 11 is 17.5. The molecule has 0 saturated carbocycles. The molecule has 0 unspecified atom stereocenters. The molecule has 1 heterocycles. The molecule has 1 aromatic rings. The lowest BCUT2D eigenvalue weighted by Crippen LogP contribution is -2.42. The van der Waals surface area contributed by atoms with Crippen LogP contribution in [0.1, 0.15) is 12.8 Å². The molecule has 0 radical (unpaired) electrons. The zero-order valence-electron chi connectivity index (χ0n) is 11.1. The fraction of sp³-hybridized carbons (Fsp3) is 0.571. The normalized spacial score (nSPS) is 19.0. The van der Waals surface area contributed by atoms with Crippen LogP contribution in [-0.4, -0.2) is 47.7 Å². The summed E-state index contributed by atoms with van der Waals surface area (Å²) in [6.45, 7) is 2.43. The van der Waals surface area contributed by atoms with Crippen molar-refractivity contribution in [2.24, 2.45) is 0 Å². The van der Waals surface area contributed by atoms with Crippen LogP contribution in [0.25, 0.3) is 0 Å². The Labute approximate surface area is 134 Å². The van der Waals surface area contributed by atoms with Gasteiger partial charge in [0.1, 0.15) is 11.9 Å². The molecule has 1 aromatic carbocycles. The Balaban J connectivity index is 1.80. The molecule has 1 N–H and O–H groups in total. The summed E-state index contributed by atoms with van der Waals surface area (Å²) in [5.74, 6) is 1.03. The van der Waals surface area contributed by atoms with E-state index in [1.54, 1.807) is 12.1 Å². The molecule has 1 saturated heterocycles. The van der Waals surface area contributed by atoms with Gasteiger partial charge in [-0.25, -0.2) is 0 Å². The first-order valence-corrected chi connectivity index (χ1v) is 7.95. The summed E-state index contributed by atoms with van der Waals surface area (Å²) in [5.41, 5.74) is 0. The van der Waals surface area contributed by atoms with Crippen molar-refractivity contribution < 1.29 is 9.84 Å². The first kappa shape index (κ1) is 16.2. The van der Waals surface area contributed by atoms with Crippen molar-refractivity contribution in [1.29, 1.82) is 0 Å². The summed E-state index contributed by atoms with van der Waals surface area (Å²) in [4.78, 5) is 2.21. The number of β-amino-alcohol motifs (C(OH)–C–C–N with tert-alkyl or cyclic N) is 1. The molecule has 6 heteroatoms. The van der Waals surface area contributed by atoms with Gasteiger partial charge >= 0.3 is 0 Å². The molecule has 1 fully saturated rings. The van der Waals surface area contributed by atoms with E-state index in [9.17, 15) is 5.11 Å². The van der Waals surface area contributed by atoms with Crippen LogP contribution in [0.2, 0.25) is 10.0 Å². The summed E-state index contributed by atoms with van der Waals surface area (Å²) in [5, 5.41) is 10.6. The predicted octanol–water partition coefficient (Wildman–Crippen LogP) is 3.44. The van der Waals surface area contributed by atoms with Gasteiger partial charge in [0.2, 0.25) is 0 Å². The third kappa shape index (κ3) is 4.68. The van der Waals surface area contributed by atoms with E-state index in [1.165, 1.54) is 0 Å². The van der Waals surface area contributed by atoms with Crippen LogP contribution < -0.4 is 4.74 Å². The van der Waals surface area contributed by atoms with Gasteiger partial charge in [-0.1, -0.05) is 23.2 Å². The van der Waals surface area contributed by atoms with Crippen molar-refractivity contribution in [2.75, 3.05) is 25.5 Å². The molecule has 0 spiro atoms. The number of nitrogens with zero attached hydrogens (tertiary/aromatic N) is 1. The van der Waals surface area contributed by atoms with E-state index in [2.05, 4.69) is 4.90 Å². The first-order chi connectivity index (χ1) is 9.58. The van der Waals surface area contributed by atoms with Gasteiger partial charge in [0, 0.05) is 31.6 Å². The van der Waals surface area contributed by atoms with E-state index in [0.29, 0.717) is 16.6 Å². The Kier molecular flexibility index (Phi) is 6.24. The van der Waals surface area contributed by atoms with Crippen molar-refractivity contribution in [3.63, 3.8) is 0 Å². The molecule has 112 valence electrons. The minimum Gasteiger partial charge on any atom is -0.490 e.